The lowest BCUT2D eigenvalue weighted by Gasteiger charge is -2.22. The molecular weight excluding hydrogens is 402 g/mol. The van der Waals surface area contributed by atoms with Crippen LogP contribution in [0, 0.1) is 17.2 Å². The molecule has 2 atom stereocenters. The van der Waals surface area contributed by atoms with E-state index in [1.807, 2.05) is 75.4 Å². The SMILES string of the molecule is CCOc1ccc(C(C(=O)OC(C#N)c2cccc(Oc3ccccc3)c2)C(C)C)cc1. The molecule has 0 fully saturated rings. The second kappa shape index (κ2) is 11.0. The molecule has 3 rings (SSSR count). The minimum absolute atomic E-state index is 0.00691. The fraction of sp³-hybridized carbons (Fsp3) is 0.259. The van der Waals surface area contributed by atoms with Crippen molar-refractivity contribution < 1.29 is 19.0 Å². The Hall–Kier alpha value is -3.78. The van der Waals surface area contributed by atoms with E-state index >= 15 is 0 Å². The topological polar surface area (TPSA) is 68.5 Å². The zero-order valence-electron chi connectivity index (χ0n) is 18.5. The number of rotatable bonds is 9. The summed E-state index contributed by atoms with van der Waals surface area (Å²) < 4.78 is 17.0. The van der Waals surface area contributed by atoms with Crippen molar-refractivity contribution in [1.29, 1.82) is 5.26 Å². The molecule has 0 saturated heterocycles. The van der Waals surface area contributed by atoms with Crippen LogP contribution >= 0.6 is 0 Å². The highest BCUT2D eigenvalue weighted by molar-refractivity contribution is 5.79. The van der Waals surface area contributed by atoms with Crippen LogP contribution in [0.5, 0.6) is 17.2 Å². The molecule has 3 aromatic rings. The number of carbonyl (C=O) groups is 1. The highest BCUT2D eigenvalue weighted by Crippen LogP contribution is 2.31. The highest BCUT2D eigenvalue weighted by atomic mass is 16.5. The van der Waals surface area contributed by atoms with Crippen LogP contribution < -0.4 is 9.47 Å². The van der Waals surface area contributed by atoms with E-state index in [2.05, 4.69) is 6.07 Å². The van der Waals surface area contributed by atoms with Crippen LogP contribution in [-0.4, -0.2) is 12.6 Å². The van der Waals surface area contributed by atoms with E-state index in [1.54, 1.807) is 24.3 Å². The zero-order valence-corrected chi connectivity index (χ0v) is 18.5. The summed E-state index contributed by atoms with van der Waals surface area (Å²) >= 11 is 0. The third kappa shape index (κ3) is 5.89. The van der Waals surface area contributed by atoms with E-state index in [9.17, 15) is 10.1 Å². The maximum Gasteiger partial charge on any atom is 0.315 e. The minimum atomic E-state index is -1.04. The molecule has 0 aromatic heterocycles. The van der Waals surface area contributed by atoms with Gasteiger partial charge in [-0.15, -0.1) is 0 Å². The first kappa shape index (κ1) is 22.9. The summed E-state index contributed by atoms with van der Waals surface area (Å²) in [7, 11) is 0. The highest BCUT2D eigenvalue weighted by Gasteiger charge is 2.29. The van der Waals surface area contributed by atoms with Gasteiger partial charge in [0.15, 0.2) is 0 Å². The summed E-state index contributed by atoms with van der Waals surface area (Å²) in [4.78, 5) is 13.1. The Labute approximate surface area is 189 Å². The first-order chi connectivity index (χ1) is 15.5. The number of nitrogens with zero attached hydrogens (tertiary/aromatic N) is 1. The third-order valence-electron chi connectivity index (χ3n) is 4.96. The van der Waals surface area contributed by atoms with E-state index in [4.69, 9.17) is 14.2 Å². The monoisotopic (exact) mass is 429 g/mol. The van der Waals surface area contributed by atoms with E-state index in [-0.39, 0.29) is 5.92 Å². The molecule has 0 spiro atoms. The van der Waals surface area contributed by atoms with Crippen LogP contribution in [0.4, 0.5) is 0 Å². The lowest BCUT2D eigenvalue weighted by molar-refractivity contribution is -0.150. The number of esters is 1. The van der Waals surface area contributed by atoms with E-state index in [0.29, 0.717) is 23.7 Å². The van der Waals surface area contributed by atoms with Crippen LogP contribution in [0.1, 0.15) is 43.9 Å². The maximum atomic E-state index is 13.1. The summed E-state index contributed by atoms with van der Waals surface area (Å²) in [5, 5.41) is 9.71. The fourth-order valence-electron chi connectivity index (χ4n) is 3.46. The van der Waals surface area contributed by atoms with Gasteiger partial charge in [0.05, 0.1) is 12.5 Å². The van der Waals surface area contributed by atoms with Gasteiger partial charge in [0, 0.05) is 5.56 Å². The molecular formula is C27H27NO4. The summed E-state index contributed by atoms with van der Waals surface area (Å²) in [5.41, 5.74) is 1.38. The van der Waals surface area contributed by atoms with Crippen molar-refractivity contribution in [2.24, 2.45) is 5.92 Å². The van der Waals surface area contributed by atoms with Gasteiger partial charge in [0.2, 0.25) is 6.10 Å². The van der Waals surface area contributed by atoms with Crippen LogP contribution in [-0.2, 0) is 9.53 Å². The van der Waals surface area contributed by atoms with Crippen molar-refractivity contribution in [1.82, 2.24) is 0 Å². The van der Waals surface area contributed by atoms with Gasteiger partial charge in [-0.2, -0.15) is 5.26 Å². The normalized spacial score (nSPS) is 12.5. The molecule has 5 heteroatoms. The molecule has 3 aromatic carbocycles. The number of carbonyl (C=O) groups excluding carboxylic acids is 1. The van der Waals surface area contributed by atoms with E-state index in [1.165, 1.54) is 0 Å². The number of nitriles is 1. The van der Waals surface area contributed by atoms with Crippen molar-refractivity contribution in [3.8, 4) is 23.3 Å². The van der Waals surface area contributed by atoms with Crippen molar-refractivity contribution in [3.05, 3.63) is 90.0 Å². The minimum Gasteiger partial charge on any atom is -0.494 e. The molecule has 0 saturated carbocycles. The van der Waals surface area contributed by atoms with Crippen molar-refractivity contribution in [3.63, 3.8) is 0 Å². The van der Waals surface area contributed by atoms with Gasteiger partial charge in [-0.3, -0.25) is 4.79 Å². The maximum absolute atomic E-state index is 13.1. The predicted molar refractivity (Wildman–Crippen MR) is 123 cm³/mol. The summed E-state index contributed by atoms with van der Waals surface area (Å²) in [5.74, 6) is 1.06. The van der Waals surface area contributed by atoms with E-state index in [0.717, 1.165) is 11.3 Å². The second-order valence-electron chi connectivity index (χ2n) is 7.66. The van der Waals surface area contributed by atoms with Gasteiger partial charge >= 0.3 is 5.97 Å². The van der Waals surface area contributed by atoms with Crippen LogP contribution in [0.3, 0.4) is 0 Å². The molecule has 0 aliphatic rings. The van der Waals surface area contributed by atoms with Gasteiger partial charge in [-0.05, 0) is 54.8 Å². The van der Waals surface area contributed by atoms with Crippen LogP contribution in [0.25, 0.3) is 0 Å². The van der Waals surface area contributed by atoms with Crippen LogP contribution in [0.2, 0.25) is 0 Å². The number of ether oxygens (including phenoxy) is 3. The molecule has 5 nitrogen and oxygen atoms in total. The number of benzene rings is 3. The fourth-order valence-corrected chi connectivity index (χ4v) is 3.46. The summed E-state index contributed by atoms with van der Waals surface area (Å²) in [6.07, 6.45) is -1.04. The summed E-state index contributed by atoms with van der Waals surface area (Å²) in [6.45, 7) is 6.41. The Morgan fingerprint density at radius 1 is 0.875 bits per heavy atom. The van der Waals surface area contributed by atoms with Gasteiger partial charge in [-0.25, -0.2) is 0 Å². The number of para-hydroxylation sites is 1. The predicted octanol–water partition coefficient (Wildman–Crippen LogP) is 6.43. The third-order valence-corrected chi connectivity index (χ3v) is 4.96. The molecule has 0 bridgehead atoms. The molecule has 0 amide bonds. The zero-order chi connectivity index (χ0) is 22.9. The van der Waals surface area contributed by atoms with Crippen LogP contribution in [0.15, 0.2) is 78.9 Å². The molecule has 0 aliphatic carbocycles. The Kier molecular flexibility index (Phi) is 7.88. The van der Waals surface area contributed by atoms with Gasteiger partial charge in [0.1, 0.15) is 23.3 Å². The Morgan fingerprint density at radius 3 is 2.19 bits per heavy atom. The molecule has 32 heavy (non-hydrogen) atoms. The first-order valence-corrected chi connectivity index (χ1v) is 10.7. The average Bonchev–Trinajstić information content (AvgIpc) is 2.79. The smallest absolute Gasteiger partial charge is 0.315 e. The molecule has 0 radical (unpaired) electrons. The van der Waals surface area contributed by atoms with Gasteiger partial charge in [0.25, 0.3) is 0 Å². The van der Waals surface area contributed by atoms with Gasteiger partial charge < -0.3 is 14.2 Å². The quantitative estimate of drug-likeness (QED) is 0.367. The second-order valence-corrected chi connectivity index (χ2v) is 7.66. The van der Waals surface area contributed by atoms with Crippen molar-refractivity contribution in [2.45, 2.75) is 32.8 Å². The average molecular weight is 430 g/mol. The molecule has 0 N–H and O–H groups in total. The van der Waals surface area contributed by atoms with Crippen molar-refractivity contribution in [2.75, 3.05) is 6.61 Å². The van der Waals surface area contributed by atoms with E-state index < -0.39 is 18.0 Å². The molecule has 2 unspecified atom stereocenters. The Bertz CT molecular complexity index is 1060. The molecule has 0 aliphatic heterocycles. The summed E-state index contributed by atoms with van der Waals surface area (Å²) in [6, 6.07) is 25.9. The number of hydrogen-bond donors (Lipinski definition) is 0. The lowest BCUT2D eigenvalue weighted by atomic mass is 9.88. The molecule has 164 valence electrons. The molecule has 0 heterocycles. The Balaban J connectivity index is 1.76. The van der Waals surface area contributed by atoms with Gasteiger partial charge in [-0.1, -0.05) is 56.3 Å². The standard InChI is InChI=1S/C27H27NO4/c1-4-30-22-15-13-20(14-16-22)26(19(2)3)27(29)32-25(18-28)21-9-8-12-24(17-21)31-23-10-6-5-7-11-23/h5-17,19,25-26H,4H2,1-3H3. The Morgan fingerprint density at radius 2 is 1.56 bits per heavy atom. The lowest BCUT2D eigenvalue weighted by Crippen LogP contribution is -2.22. The largest absolute Gasteiger partial charge is 0.494 e. The first-order valence-electron chi connectivity index (χ1n) is 10.7. The van der Waals surface area contributed by atoms with Crippen molar-refractivity contribution >= 4 is 5.97 Å². The number of hydrogen-bond acceptors (Lipinski definition) is 5.